The molecule has 0 saturated carbocycles. The summed E-state index contributed by atoms with van der Waals surface area (Å²) in [6, 6.07) is 13.0. The summed E-state index contributed by atoms with van der Waals surface area (Å²) in [5.74, 6) is 1.64. The number of hydrogen-bond acceptors (Lipinski definition) is 1. The second-order valence-corrected chi connectivity index (χ2v) is 11.2. The van der Waals surface area contributed by atoms with Gasteiger partial charge in [-0.05, 0) is 40.9 Å². The Morgan fingerprint density at radius 1 is 1.12 bits per heavy atom. The van der Waals surface area contributed by atoms with Crippen molar-refractivity contribution < 1.29 is 25.6 Å². The first-order valence-corrected chi connectivity index (χ1v) is 14.8. The minimum atomic E-state index is -0.826. The third-order valence-corrected chi connectivity index (χ3v) is 4.49. The van der Waals surface area contributed by atoms with Crippen LogP contribution in [0.5, 0.6) is 5.75 Å². The summed E-state index contributed by atoms with van der Waals surface area (Å²) in [6.45, 7) is 9.05. The number of halogens is 2. The molecule has 1 aliphatic rings. The zero-order chi connectivity index (χ0) is 18.6. The zero-order valence-corrected chi connectivity index (χ0v) is 19.5. The van der Waals surface area contributed by atoms with E-state index in [9.17, 15) is 0 Å². The molecule has 25 heavy (non-hydrogen) atoms. The van der Waals surface area contributed by atoms with Crippen LogP contribution in [0.15, 0.2) is 36.4 Å². The summed E-state index contributed by atoms with van der Waals surface area (Å²) in [7, 11) is 11.7. The summed E-state index contributed by atoms with van der Waals surface area (Å²) >= 11 is -0.826. The molecule has 0 bridgehead atoms. The first kappa shape index (κ1) is 21.0. The van der Waals surface area contributed by atoms with Crippen molar-refractivity contribution in [1.82, 2.24) is 0 Å². The van der Waals surface area contributed by atoms with Crippen LogP contribution in [0.2, 0.25) is 0 Å². The van der Waals surface area contributed by atoms with Crippen LogP contribution < -0.4 is 4.74 Å². The minimum absolute atomic E-state index is 0.0591. The molecule has 0 N–H and O–H groups in total. The van der Waals surface area contributed by atoms with Crippen molar-refractivity contribution in [2.24, 2.45) is 5.92 Å². The molecule has 0 saturated heterocycles. The molecule has 2 aromatic rings. The Kier molecular flexibility index (Phi) is 7.62. The molecule has 0 aromatic heterocycles. The predicted molar refractivity (Wildman–Crippen MR) is 105 cm³/mol. The summed E-state index contributed by atoms with van der Waals surface area (Å²) in [6.07, 6.45) is 3.50. The standard InChI is InChI=1S/C21H25O.2ClH.Zr/c1-14-11-16-13-18(21(2,3)4)20(22-5)19(17(16)12-14)15-9-7-6-8-10-15;;;/h6-11,13-14H,12H2,1-5H3;2*1H;/q;;;+2/p-2. The van der Waals surface area contributed by atoms with Gasteiger partial charge in [0.2, 0.25) is 0 Å². The average Bonchev–Trinajstić information content (AvgIpc) is 2.93. The van der Waals surface area contributed by atoms with Crippen molar-refractivity contribution in [2.45, 2.75) is 39.5 Å². The van der Waals surface area contributed by atoms with Gasteiger partial charge in [0.05, 0.1) is 7.11 Å². The van der Waals surface area contributed by atoms with Crippen molar-refractivity contribution >= 4 is 17.0 Å². The van der Waals surface area contributed by atoms with Crippen LogP contribution >= 0.6 is 17.0 Å². The van der Waals surface area contributed by atoms with Crippen LogP contribution in [-0.4, -0.2) is 7.11 Å². The topological polar surface area (TPSA) is 9.23 Å². The molecule has 4 heteroatoms. The quantitative estimate of drug-likeness (QED) is 0.485. The van der Waals surface area contributed by atoms with Crippen molar-refractivity contribution in [2.75, 3.05) is 7.11 Å². The monoisotopic (exact) mass is 453 g/mol. The first-order valence-electron chi connectivity index (χ1n) is 8.44. The van der Waals surface area contributed by atoms with Gasteiger partial charge in [-0.15, -0.1) is 0 Å². The van der Waals surface area contributed by atoms with Gasteiger partial charge < -0.3 is 4.74 Å². The van der Waals surface area contributed by atoms with Gasteiger partial charge in [0.15, 0.2) is 0 Å². The average molecular weight is 456 g/mol. The number of fused-ring (bicyclic) bond motifs is 1. The normalized spacial score (nSPS) is 15.9. The predicted octanol–water partition coefficient (Wildman–Crippen LogP) is 6.78. The fraction of sp³-hybridized carbons (Fsp3) is 0.381. The molecule has 2 aromatic carbocycles. The number of ether oxygens (including phenoxy) is 1. The van der Waals surface area contributed by atoms with Crippen LogP contribution in [0.25, 0.3) is 11.1 Å². The summed E-state index contributed by atoms with van der Waals surface area (Å²) in [5.41, 5.74) is 6.71. The summed E-state index contributed by atoms with van der Waals surface area (Å²) < 4.78 is 5.90. The van der Waals surface area contributed by atoms with E-state index in [0.717, 1.165) is 12.2 Å². The van der Waals surface area contributed by atoms with Gasteiger partial charge in [0.1, 0.15) is 5.75 Å². The van der Waals surface area contributed by atoms with E-state index in [0.29, 0.717) is 5.92 Å². The number of methoxy groups -OCH3 is 1. The van der Waals surface area contributed by atoms with Crippen molar-refractivity contribution in [3.63, 3.8) is 0 Å². The van der Waals surface area contributed by atoms with E-state index in [1.165, 1.54) is 27.8 Å². The Labute approximate surface area is 170 Å². The van der Waals surface area contributed by atoms with Crippen LogP contribution in [0.3, 0.4) is 0 Å². The maximum absolute atomic E-state index is 5.90. The van der Waals surface area contributed by atoms with Crippen LogP contribution in [0, 0.1) is 12.3 Å². The molecule has 0 amide bonds. The second kappa shape index (κ2) is 9.07. The van der Waals surface area contributed by atoms with Gasteiger partial charge in [-0.1, -0.05) is 64.1 Å². The fourth-order valence-electron chi connectivity index (χ4n) is 3.46. The zero-order valence-electron chi connectivity index (χ0n) is 15.5. The SMILES string of the molecule is COc1c(C(C)(C)C)cc2c(c1-c1ccccc1)CC(C)[CH]2.[Cl][Zr][Cl]. The Balaban J connectivity index is 0.000000701. The molecule has 0 heterocycles. The van der Waals surface area contributed by atoms with E-state index in [1.54, 1.807) is 7.11 Å². The Hall–Kier alpha value is -0.297. The van der Waals surface area contributed by atoms with E-state index in [1.807, 2.05) is 0 Å². The molecule has 0 fully saturated rings. The number of rotatable bonds is 2. The van der Waals surface area contributed by atoms with Gasteiger partial charge >= 0.3 is 37.9 Å². The van der Waals surface area contributed by atoms with Gasteiger partial charge in [-0.3, -0.25) is 0 Å². The van der Waals surface area contributed by atoms with Crippen LogP contribution in [-0.2, 0) is 32.7 Å². The van der Waals surface area contributed by atoms with Crippen molar-refractivity contribution in [3.05, 3.63) is 59.5 Å². The number of benzene rings is 2. The molecule has 0 spiro atoms. The summed E-state index contributed by atoms with van der Waals surface area (Å²) in [5, 5.41) is 0. The van der Waals surface area contributed by atoms with Crippen LogP contribution in [0.4, 0.5) is 0 Å². The molecule has 0 aliphatic heterocycles. The molecule has 133 valence electrons. The Morgan fingerprint density at radius 2 is 1.72 bits per heavy atom. The Bertz CT molecular complexity index is 708. The van der Waals surface area contributed by atoms with E-state index >= 15 is 0 Å². The maximum atomic E-state index is 5.90. The molecule has 1 radical (unpaired) electrons. The molecule has 1 nitrogen and oxygen atoms in total. The van der Waals surface area contributed by atoms with E-state index in [4.69, 9.17) is 21.8 Å². The molecular weight excluding hydrogens is 430 g/mol. The molecular formula is C21H25Cl2OZr. The summed E-state index contributed by atoms with van der Waals surface area (Å²) in [4.78, 5) is 0. The molecule has 1 aliphatic carbocycles. The van der Waals surface area contributed by atoms with Crippen LogP contribution in [0.1, 0.15) is 44.4 Å². The van der Waals surface area contributed by atoms with Gasteiger partial charge in [0, 0.05) is 11.1 Å². The van der Waals surface area contributed by atoms with E-state index < -0.39 is 20.8 Å². The second-order valence-electron chi connectivity index (χ2n) is 7.44. The van der Waals surface area contributed by atoms with Gasteiger partial charge in [-0.25, -0.2) is 0 Å². The van der Waals surface area contributed by atoms with Gasteiger partial charge in [0.25, 0.3) is 0 Å². The van der Waals surface area contributed by atoms with Gasteiger partial charge in [-0.2, -0.15) is 0 Å². The fourth-order valence-corrected chi connectivity index (χ4v) is 3.46. The van der Waals surface area contributed by atoms with Crippen molar-refractivity contribution in [3.8, 4) is 16.9 Å². The third kappa shape index (κ3) is 4.91. The molecule has 1 unspecified atom stereocenters. The third-order valence-electron chi connectivity index (χ3n) is 4.49. The van der Waals surface area contributed by atoms with Crippen molar-refractivity contribution in [1.29, 1.82) is 0 Å². The molecule has 1 atom stereocenters. The van der Waals surface area contributed by atoms with E-state index in [-0.39, 0.29) is 5.41 Å². The van der Waals surface area contributed by atoms with E-state index in [2.05, 4.69) is 70.5 Å². The molecule has 3 rings (SSSR count). The first-order chi connectivity index (χ1) is 11.8. The number of hydrogen-bond donors (Lipinski definition) is 0. The Morgan fingerprint density at radius 3 is 2.24 bits per heavy atom.